The van der Waals surface area contributed by atoms with Crippen molar-refractivity contribution in [3.63, 3.8) is 0 Å². The number of para-hydroxylation sites is 1. The quantitative estimate of drug-likeness (QED) is 0.311. The molecule has 0 aliphatic rings. The molecular formula is C30H24N6. The molecule has 0 radical (unpaired) electrons. The van der Waals surface area contributed by atoms with E-state index in [0.717, 1.165) is 38.9 Å². The second kappa shape index (κ2) is 10.2. The number of nitrogens with zero attached hydrogens (tertiary/aromatic N) is 6. The van der Waals surface area contributed by atoms with Gasteiger partial charge in [0.2, 0.25) is 0 Å². The molecule has 0 N–H and O–H groups in total. The zero-order valence-electron chi connectivity index (χ0n) is 20.0. The van der Waals surface area contributed by atoms with E-state index >= 15 is 0 Å². The molecule has 0 spiro atoms. The van der Waals surface area contributed by atoms with Gasteiger partial charge in [-0.2, -0.15) is 10.5 Å². The maximum Gasteiger partial charge on any atom is 0.0998 e. The summed E-state index contributed by atoms with van der Waals surface area (Å²) >= 11 is 0. The highest BCUT2D eigenvalue weighted by molar-refractivity contribution is 5.94. The predicted molar refractivity (Wildman–Crippen MR) is 139 cm³/mol. The number of rotatable bonds is 7. The van der Waals surface area contributed by atoms with Crippen LogP contribution >= 0.6 is 0 Å². The summed E-state index contributed by atoms with van der Waals surface area (Å²) in [4.78, 5) is 11.2. The van der Waals surface area contributed by atoms with E-state index in [1.54, 1.807) is 6.20 Å². The van der Waals surface area contributed by atoms with Crippen molar-refractivity contribution in [1.82, 2.24) is 19.4 Å². The summed E-state index contributed by atoms with van der Waals surface area (Å²) in [6.45, 7) is 2.10. The first kappa shape index (κ1) is 23.0. The van der Waals surface area contributed by atoms with Gasteiger partial charge in [-0.3, -0.25) is 9.88 Å². The van der Waals surface area contributed by atoms with E-state index in [2.05, 4.69) is 33.1 Å². The van der Waals surface area contributed by atoms with E-state index in [0.29, 0.717) is 30.8 Å². The average Bonchev–Trinajstić information content (AvgIpc) is 3.32. The number of fused-ring (bicyclic) bond motifs is 1. The highest BCUT2D eigenvalue weighted by Crippen LogP contribution is 2.31. The molecule has 0 atom stereocenters. The fourth-order valence-electron chi connectivity index (χ4n) is 4.47. The lowest BCUT2D eigenvalue weighted by Crippen LogP contribution is -2.23. The fraction of sp³-hybridized carbons (Fsp3) is 0.133. The van der Waals surface area contributed by atoms with Crippen molar-refractivity contribution in [2.75, 3.05) is 0 Å². The van der Waals surface area contributed by atoms with Gasteiger partial charge >= 0.3 is 0 Å². The van der Waals surface area contributed by atoms with Crippen molar-refractivity contribution in [2.45, 2.75) is 19.6 Å². The van der Waals surface area contributed by atoms with Crippen LogP contribution < -0.4 is 0 Å². The van der Waals surface area contributed by atoms with Gasteiger partial charge < -0.3 is 4.57 Å². The van der Waals surface area contributed by atoms with E-state index in [4.69, 9.17) is 5.26 Å². The molecule has 36 heavy (non-hydrogen) atoms. The molecule has 0 amide bonds. The number of hydrogen-bond donors (Lipinski definition) is 0. The molecule has 0 fully saturated rings. The molecule has 0 unspecified atom stereocenters. The molecule has 0 bridgehead atoms. The zero-order valence-corrected chi connectivity index (χ0v) is 20.0. The highest BCUT2D eigenvalue weighted by atomic mass is 15.1. The van der Waals surface area contributed by atoms with Crippen LogP contribution in [0, 0.1) is 22.7 Å². The van der Waals surface area contributed by atoms with Crippen LogP contribution in [0.3, 0.4) is 0 Å². The average molecular weight is 469 g/mol. The third-order valence-electron chi connectivity index (χ3n) is 6.32. The van der Waals surface area contributed by atoms with Gasteiger partial charge in [0.05, 0.1) is 40.8 Å². The monoisotopic (exact) mass is 468 g/mol. The van der Waals surface area contributed by atoms with E-state index < -0.39 is 0 Å². The molecule has 6 nitrogen and oxygen atoms in total. The lowest BCUT2D eigenvalue weighted by molar-refractivity contribution is 0.242. The van der Waals surface area contributed by atoms with Crippen molar-refractivity contribution in [3.8, 4) is 23.3 Å². The van der Waals surface area contributed by atoms with Crippen molar-refractivity contribution in [3.05, 3.63) is 119 Å². The molecule has 5 aromatic rings. The molecule has 5 rings (SSSR count). The van der Waals surface area contributed by atoms with Gasteiger partial charge in [0.25, 0.3) is 0 Å². The van der Waals surface area contributed by atoms with Crippen LogP contribution in [0.25, 0.3) is 22.0 Å². The Kier molecular flexibility index (Phi) is 6.53. The van der Waals surface area contributed by atoms with Gasteiger partial charge in [-0.05, 0) is 41.5 Å². The Hall–Kier alpha value is -4.78. The minimum atomic E-state index is 0.627. The number of benzene rings is 3. The third kappa shape index (κ3) is 4.86. The summed E-state index contributed by atoms with van der Waals surface area (Å²) in [5.74, 6) is 0. The molecule has 0 saturated carbocycles. The van der Waals surface area contributed by atoms with Crippen LogP contribution in [0.4, 0.5) is 0 Å². The van der Waals surface area contributed by atoms with Crippen molar-refractivity contribution < 1.29 is 0 Å². The largest absolute Gasteiger partial charge is 0.337 e. The van der Waals surface area contributed by atoms with Crippen LogP contribution in [-0.4, -0.2) is 19.4 Å². The number of aryl methyl sites for hydroxylation is 1. The molecule has 2 aromatic heterocycles. The summed E-state index contributed by atoms with van der Waals surface area (Å²) in [6, 6.07) is 28.3. The molecule has 174 valence electrons. The van der Waals surface area contributed by atoms with Crippen LogP contribution in [0.1, 0.15) is 27.9 Å². The van der Waals surface area contributed by atoms with Gasteiger partial charge in [0.15, 0.2) is 0 Å². The van der Waals surface area contributed by atoms with E-state index in [1.165, 1.54) is 0 Å². The van der Waals surface area contributed by atoms with Crippen molar-refractivity contribution in [2.24, 2.45) is 7.05 Å². The Labute approximate surface area is 210 Å². The molecule has 0 saturated heterocycles. The highest BCUT2D eigenvalue weighted by Gasteiger charge is 2.15. The minimum Gasteiger partial charge on any atom is -0.337 e. The van der Waals surface area contributed by atoms with Crippen LogP contribution in [0.5, 0.6) is 0 Å². The van der Waals surface area contributed by atoms with E-state index in [-0.39, 0.29) is 0 Å². The minimum absolute atomic E-state index is 0.627. The number of pyridine rings is 1. The Morgan fingerprint density at radius 1 is 0.833 bits per heavy atom. The maximum absolute atomic E-state index is 9.85. The van der Waals surface area contributed by atoms with E-state index in [1.807, 2.05) is 90.9 Å². The maximum atomic E-state index is 9.85. The van der Waals surface area contributed by atoms with Gasteiger partial charge in [-0.15, -0.1) is 0 Å². The lowest BCUT2D eigenvalue weighted by atomic mass is 9.95. The molecule has 3 aromatic carbocycles. The first-order valence-corrected chi connectivity index (χ1v) is 11.7. The number of imidazole rings is 1. The van der Waals surface area contributed by atoms with Crippen LogP contribution in [0.2, 0.25) is 0 Å². The molecule has 2 heterocycles. The predicted octanol–water partition coefficient (Wildman–Crippen LogP) is 5.58. The van der Waals surface area contributed by atoms with Crippen molar-refractivity contribution >= 4 is 10.9 Å². The van der Waals surface area contributed by atoms with Crippen LogP contribution in [-0.2, 0) is 26.7 Å². The Morgan fingerprint density at radius 2 is 1.61 bits per heavy atom. The Bertz CT molecular complexity index is 1600. The fourth-order valence-corrected chi connectivity index (χ4v) is 4.47. The number of nitriles is 2. The number of hydrogen-bond acceptors (Lipinski definition) is 5. The molecule has 0 aliphatic heterocycles. The standard InChI is InChI=1S/C30H24N6/c1-35-21-33-17-27(35)20-36(18-23-9-7-22(15-31)8-10-23)19-24-11-12-26(16-32)29(14-24)28-6-2-4-25-5-3-13-34-30(25)28/h2-14,17,21H,18-20H2,1H3. The second-order valence-electron chi connectivity index (χ2n) is 8.82. The topological polar surface area (TPSA) is 81.5 Å². The molecule has 6 heteroatoms. The van der Waals surface area contributed by atoms with Gasteiger partial charge in [-0.25, -0.2) is 4.98 Å². The summed E-state index contributed by atoms with van der Waals surface area (Å²) in [5.41, 5.74) is 7.35. The first-order valence-electron chi connectivity index (χ1n) is 11.7. The zero-order chi connectivity index (χ0) is 24.9. The summed E-state index contributed by atoms with van der Waals surface area (Å²) < 4.78 is 2.03. The van der Waals surface area contributed by atoms with Crippen LogP contribution in [0.15, 0.2) is 91.5 Å². The van der Waals surface area contributed by atoms with Crippen molar-refractivity contribution in [1.29, 1.82) is 10.5 Å². The second-order valence-corrected chi connectivity index (χ2v) is 8.82. The third-order valence-corrected chi connectivity index (χ3v) is 6.32. The summed E-state index contributed by atoms with van der Waals surface area (Å²) in [5, 5.41) is 20.0. The smallest absolute Gasteiger partial charge is 0.0998 e. The normalized spacial score (nSPS) is 10.9. The summed E-state index contributed by atoms with van der Waals surface area (Å²) in [7, 11) is 2.00. The summed E-state index contributed by atoms with van der Waals surface area (Å²) in [6.07, 6.45) is 5.48. The number of aromatic nitrogens is 3. The molecule has 0 aliphatic carbocycles. The first-order chi connectivity index (χ1) is 17.6. The lowest BCUT2D eigenvalue weighted by Gasteiger charge is -2.23. The van der Waals surface area contributed by atoms with Gasteiger partial charge in [0, 0.05) is 55.6 Å². The van der Waals surface area contributed by atoms with E-state index in [9.17, 15) is 5.26 Å². The molecular weight excluding hydrogens is 444 g/mol. The SMILES string of the molecule is Cn1cncc1CN(Cc1ccc(C#N)cc1)Cc1ccc(C#N)c(-c2cccc3cccnc23)c1. The van der Waals surface area contributed by atoms with Gasteiger partial charge in [0.1, 0.15) is 0 Å². The van der Waals surface area contributed by atoms with Gasteiger partial charge in [-0.1, -0.05) is 42.5 Å². The Balaban J connectivity index is 1.50. The Morgan fingerprint density at radius 3 is 2.36 bits per heavy atom.